The Labute approximate surface area is 192 Å². The molecule has 0 radical (unpaired) electrons. The minimum atomic E-state index is -1.34. The van der Waals surface area contributed by atoms with E-state index in [1.165, 1.54) is 25.1 Å². The summed E-state index contributed by atoms with van der Waals surface area (Å²) in [5.41, 5.74) is 2.19. The molecule has 0 saturated carbocycles. The minimum Gasteiger partial charge on any atom is -0.255 e. The third kappa shape index (κ3) is 4.98. The highest BCUT2D eigenvalue weighted by molar-refractivity contribution is 5.92. The van der Waals surface area contributed by atoms with E-state index >= 15 is 0 Å². The van der Waals surface area contributed by atoms with Gasteiger partial charge in [0.05, 0.1) is 11.1 Å². The van der Waals surface area contributed by atoms with Gasteiger partial charge in [-0.25, -0.2) is 22.0 Å². The maximum Gasteiger partial charge on any atom is 0.332 e. The van der Waals surface area contributed by atoms with Gasteiger partial charge in [0.25, 0.3) is 0 Å². The normalized spacial score (nSPS) is 10.8. The molecular formula is C27H20F6O. The number of fused-ring (bicyclic) bond motifs is 1. The second kappa shape index (κ2) is 9.71. The van der Waals surface area contributed by atoms with Gasteiger partial charge in [0, 0.05) is 23.1 Å². The summed E-state index contributed by atoms with van der Waals surface area (Å²) >= 11 is 0. The van der Waals surface area contributed by atoms with Crippen molar-refractivity contribution in [2.75, 3.05) is 0 Å². The number of benzene rings is 4. The first-order valence-corrected chi connectivity index (χ1v) is 10.2. The molecule has 0 heterocycles. The fourth-order valence-corrected chi connectivity index (χ4v) is 3.90. The Morgan fingerprint density at radius 1 is 0.706 bits per heavy atom. The number of hydrogen-bond acceptors (Lipinski definition) is 1. The monoisotopic (exact) mass is 474 g/mol. The molecule has 0 aliphatic carbocycles. The first-order chi connectivity index (χ1) is 15.9. The zero-order valence-electron chi connectivity index (χ0n) is 18.8. The van der Waals surface area contributed by atoms with Crippen molar-refractivity contribution >= 4 is 16.8 Å². The van der Waals surface area contributed by atoms with Gasteiger partial charge in [0.1, 0.15) is 29.1 Å². The molecule has 0 spiro atoms. The highest BCUT2D eigenvalue weighted by Crippen LogP contribution is 2.32. The van der Waals surface area contributed by atoms with E-state index < -0.39 is 40.7 Å². The second-order valence-electron chi connectivity index (χ2n) is 8.03. The van der Waals surface area contributed by atoms with Crippen LogP contribution in [0.3, 0.4) is 0 Å². The lowest BCUT2D eigenvalue weighted by atomic mass is 9.98. The van der Waals surface area contributed by atoms with Crippen molar-refractivity contribution in [3.8, 4) is 11.1 Å². The van der Waals surface area contributed by atoms with Gasteiger partial charge in [0.2, 0.25) is 0 Å². The number of rotatable bonds is 2. The van der Waals surface area contributed by atoms with Crippen LogP contribution >= 0.6 is 0 Å². The minimum absolute atomic E-state index is 0.0742. The molecule has 4 aromatic carbocycles. The van der Waals surface area contributed by atoms with Gasteiger partial charge in [0.15, 0.2) is 0 Å². The Hall–Kier alpha value is -3.61. The van der Waals surface area contributed by atoms with Crippen LogP contribution in [-0.4, -0.2) is 6.04 Å². The second-order valence-corrected chi connectivity index (χ2v) is 8.03. The van der Waals surface area contributed by atoms with E-state index in [4.69, 9.17) is 0 Å². The number of carbonyl (C=O) groups excluding carboxylic acids is 1. The van der Waals surface area contributed by atoms with E-state index in [2.05, 4.69) is 0 Å². The Morgan fingerprint density at radius 2 is 1.26 bits per heavy atom. The molecular weight excluding hydrogens is 454 g/mol. The Morgan fingerprint density at radius 3 is 1.79 bits per heavy atom. The van der Waals surface area contributed by atoms with Crippen LogP contribution in [0, 0.1) is 56.8 Å². The molecule has 0 unspecified atom stereocenters. The Kier molecular flexibility index (Phi) is 7.15. The highest BCUT2D eigenvalue weighted by Gasteiger charge is 2.16. The first kappa shape index (κ1) is 25.0. The number of aryl methyl sites for hydroxylation is 3. The van der Waals surface area contributed by atoms with Gasteiger partial charge < -0.3 is 0 Å². The molecule has 0 fully saturated rings. The van der Waals surface area contributed by atoms with E-state index in [0.29, 0.717) is 23.3 Å². The summed E-state index contributed by atoms with van der Waals surface area (Å²) in [6.45, 7) is 6.71. The van der Waals surface area contributed by atoms with Gasteiger partial charge >= 0.3 is 6.04 Å². The van der Waals surface area contributed by atoms with Gasteiger partial charge in [-0.2, -0.15) is 4.39 Å². The van der Waals surface area contributed by atoms with Crippen LogP contribution in [0.15, 0.2) is 48.5 Å². The molecule has 0 aromatic heterocycles. The number of carbonyl (C=O) groups is 1. The molecule has 4 rings (SSSR count). The molecule has 4 aromatic rings. The van der Waals surface area contributed by atoms with Gasteiger partial charge in [-0.1, -0.05) is 29.8 Å². The van der Waals surface area contributed by atoms with Crippen molar-refractivity contribution in [2.45, 2.75) is 27.7 Å². The summed E-state index contributed by atoms with van der Waals surface area (Å²) in [6, 6.07) is 8.36. The molecule has 0 N–H and O–H groups in total. The van der Waals surface area contributed by atoms with Crippen LogP contribution in [-0.2, 0) is 0 Å². The quantitative estimate of drug-likeness (QED) is 0.211. The largest absolute Gasteiger partial charge is 0.332 e. The number of halogens is 6. The van der Waals surface area contributed by atoms with E-state index in [0.717, 1.165) is 11.6 Å². The smallest absolute Gasteiger partial charge is 0.255 e. The molecule has 7 heteroatoms. The summed E-state index contributed by atoms with van der Waals surface area (Å²) in [5, 5.41) is 0.312. The van der Waals surface area contributed by atoms with E-state index in [1.807, 2.05) is 6.92 Å². The van der Waals surface area contributed by atoms with Gasteiger partial charge in [-0.15, -0.1) is 0 Å². The third-order valence-electron chi connectivity index (χ3n) is 5.43. The topological polar surface area (TPSA) is 17.1 Å². The summed E-state index contributed by atoms with van der Waals surface area (Å²) in [7, 11) is 0. The van der Waals surface area contributed by atoms with E-state index in [9.17, 15) is 31.1 Å². The molecule has 0 bridgehead atoms. The zero-order valence-corrected chi connectivity index (χ0v) is 18.8. The predicted molar refractivity (Wildman–Crippen MR) is 120 cm³/mol. The van der Waals surface area contributed by atoms with Crippen LogP contribution < -0.4 is 0 Å². The Balaban J connectivity index is 0.000000229. The fourth-order valence-electron chi connectivity index (χ4n) is 3.90. The van der Waals surface area contributed by atoms with E-state index in [1.54, 1.807) is 26.0 Å². The van der Waals surface area contributed by atoms with E-state index in [-0.39, 0.29) is 27.5 Å². The lowest BCUT2D eigenvalue weighted by molar-refractivity contribution is 0.0834. The van der Waals surface area contributed by atoms with Gasteiger partial charge in [-0.05, 0) is 61.9 Å². The lowest BCUT2D eigenvalue weighted by Gasteiger charge is -2.09. The van der Waals surface area contributed by atoms with Crippen molar-refractivity contribution in [1.29, 1.82) is 0 Å². The molecule has 0 amide bonds. The van der Waals surface area contributed by atoms with Crippen LogP contribution in [0.1, 0.15) is 32.6 Å². The maximum atomic E-state index is 14.0. The average Bonchev–Trinajstić information content (AvgIpc) is 2.70. The molecule has 34 heavy (non-hydrogen) atoms. The summed E-state index contributed by atoms with van der Waals surface area (Å²) in [4.78, 5) is 10.5. The molecule has 176 valence electrons. The molecule has 0 aliphatic rings. The van der Waals surface area contributed by atoms with Crippen molar-refractivity contribution in [2.24, 2.45) is 0 Å². The van der Waals surface area contributed by atoms with Crippen molar-refractivity contribution < 1.29 is 31.1 Å². The van der Waals surface area contributed by atoms with Crippen LogP contribution in [0.2, 0.25) is 0 Å². The number of hydrogen-bond donors (Lipinski definition) is 0. The maximum absolute atomic E-state index is 14.0. The van der Waals surface area contributed by atoms with Crippen LogP contribution in [0.5, 0.6) is 0 Å². The summed E-state index contributed by atoms with van der Waals surface area (Å²) in [5.74, 6) is -4.66. The lowest BCUT2D eigenvalue weighted by Crippen LogP contribution is -1.98. The first-order valence-electron chi connectivity index (χ1n) is 10.2. The zero-order chi connectivity index (χ0) is 25.3. The SMILES string of the molecule is Cc1c(F)cc2cc(-c3c(F)cc(F)cc3F)ccc2c1F.Cc1cc(C)c(C(=O)F)c(C)c1. The standard InChI is InChI=1S/C17H9F5.C10H11FO/c1-8-13(19)5-10-4-9(2-3-12(10)17(8)22)16-14(20)6-11(18)7-15(16)21;1-6-4-7(2)9(10(11)12)8(3)5-6/h2-7H,1H3;4-5H,1-3H3. The fraction of sp³-hybridized carbons (Fsp3) is 0.148. The molecule has 0 saturated heterocycles. The highest BCUT2D eigenvalue weighted by atomic mass is 19.2. The van der Waals surface area contributed by atoms with Crippen molar-refractivity contribution in [3.63, 3.8) is 0 Å². The summed E-state index contributed by atoms with van der Waals surface area (Å²) in [6.07, 6.45) is 0. The Bertz CT molecular complexity index is 1380. The predicted octanol–water partition coefficient (Wildman–Crippen LogP) is 8.23. The molecule has 1 nitrogen and oxygen atoms in total. The molecule has 0 atom stereocenters. The average molecular weight is 474 g/mol. The summed E-state index contributed by atoms with van der Waals surface area (Å²) < 4.78 is 80.6. The third-order valence-corrected chi connectivity index (χ3v) is 5.43. The van der Waals surface area contributed by atoms with Crippen molar-refractivity contribution in [1.82, 2.24) is 0 Å². The van der Waals surface area contributed by atoms with Crippen molar-refractivity contribution in [3.05, 3.63) is 105 Å². The van der Waals surface area contributed by atoms with Crippen LogP contribution in [0.25, 0.3) is 21.9 Å². The van der Waals surface area contributed by atoms with Gasteiger partial charge in [-0.3, -0.25) is 4.79 Å². The van der Waals surface area contributed by atoms with Crippen LogP contribution in [0.4, 0.5) is 26.3 Å². The molecule has 0 aliphatic heterocycles.